The lowest BCUT2D eigenvalue weighted by Crippen LogP contribution is -2.35. The van der Waals surface area contributed by atoms with Crippen LogP contribution < -0.4 is 10.6 Å². The molecule has 1 aromatic carbocycles. The highest BCUT2D eigenvalue weighted by Gasteiger charge is 2.21. The number of carbonyl (C=O) groups is 1. The van der Waals surface area contributed by atoms with Crippen LogP contribution in [-0.2, 0) is 17.9 Å². The van der Waals surface area contributed by atoms with Crippen LogP contribution in [0.25, 0.3) is 0 Å². The topological polar surface area (TPSA) is 44.4 Å². The fourth-order valence-corrected chi connectivity index (χ4v) is 3.64. The second kappa shape index (κ2) is 14.2. The minimum Gasteiger partial charge on any atom is -0.352 e. The summed E-state index contributed by atoms with van der Waals surface area (Å²) in [6, 6.07) is 8.58. The molecule has 0 aromatic heterocycles. The maximum Gasteiger partial charge on any atom is 0.220 e. The number of halogens is 2. The molecule has 156 valence electrons. The van der Waals surface area contributed by atoms with Gasteiger partial charge < -0.3 is 10.6 Å². The van der Waals surface area contributed by atoms with Crippen molar-refractivity contribution in [2.45, 2.75) is 53.1 Å². The Bertz CT molecular complexity index is 532. The molecule has 1 saturated heterocycles. The number of nitrogens with zero attached hydrogens (tertiary/aromatic N) is 1. The van der Waals surface area contributed by atoms with E-state index in [1.807, 2.05) is 0 Å². The number of hydrogen-bond acceptors (Lipinski definition) is 3. The summed E-state index contributed by atoms with van der Waals surface area (Å²) >= 11 is 0. The van der Waals surface area contributed by atoms with Crippen LogP contribution in [0.15, 0.2) is 24.3 Å². The molecule has 1 aromatic rings. The zero-order valence-electron chi connectivity index (χ0n) is 17.0. The van der Waals surface area contributed by atoms with Crippen molar-refractivity contribution in [1.82, 2.24) is 15.5 Å². The molecule has 1 aliphatic heterocycles. The van der Waals surface area contributed by atoms with Gasteiger partial charge in [0, 0.05) is 19.5 Å². The summed E-state index contributed by atoms with van der Waals surface area (Å²) in [4.78, 5) is 14.7. The largest absolute Gasteiger partial charge is 0.352 e. The molecular weight excluding hydrogens is 381 g/mol. The average Bonchev–Trinajstić information content (AvgIpc) is 2.65. The van der Waals surface area contributed by atoms with Crippen LogP contribution in [-0.4, -0.2) is 37.0 Å². The third kappa shape index (κ3) is 9.29. The van der Waals surface area contributed by atoms with Gasteiger partial charge in [0.05, 0.1) is 0 Å². The van der Waals surface area contributed by atoms with Crippen molar-refractivity contribution < 1.29 is 4.79 Å². The maximum atomic E-state index is 12.3. The molecular formula is C21H37Cl2N3O. The number of piperidine rings is 1. The van der Waals surface area contributed by atoms with Crippen LogP contribution in [0.5, 0.6) is 0 Å². The van der Waals surface area contributed by atoms with Crippen molar-refractivity contribution >= 4 is 30.7 Å². The van der Waals surface area contributed by atoms with E-state index < -0.39 is 0 Å². The Labute approximate surface area is 177 Å². The molecule has 1 aliphatic rings. The summed E-state index contributed by atoms with van der Waals surface area (Å²) in [6.07, 6.45) is 3.11. The minimum absolute atomic E-state index is 0. The zero-order chi connectivity index (χ0) is 18.1. The van der Waals surface area contributed by atoms with E-state index >= 15 is 0 Å². The van der Waals surface area contributed by atoms with Crippen LogP contribution in [0.1, 0.15) is 51.2 Å². The SMILES string of the molecule is CCN(CC)Cc1cccc(CNC(=O)CC(C)C2CCCNC2)c1.Cl.Cl. The molecule has 0 bridgehead atoms. The lowest BCUT2D eigenvalue weighted by atomic mass is 9.85. The predicted molar refractivity (Wildman–Crippen MR) is 119 cm³/mol. The van der Waals surface area contributed by atoms with Crippen molar-refractivity contribution in [3.63, 3.8) is 0 Å². The van der Waals surface area contributed by atoms with Gasteiger partial charge in [0.2, 0.25) is 5.91 Å². The molecule has 2 rings (SSSR count). The highest BCUT2D eigenvalue weighted by molar-refractivity contribution is 5.85. The van der Waals surface area contributed by atoms with Gasteiger partial charge in [-0.25, -0.2) is 0 Å². The molecule has 2 unspecified atom stereocenters. The molecule has 0 radical (unpaired) electrons. The lowest BCUT2D eigenvalue weighted by molar-refractivity contribution is -0.122. The normalized spacial score (nSPS) is 17.6. The van der Waals surface area contributed by atoms with Gasteiger partial charge >= 0.3 is 0 Å². The Morgan fingerprint density at radius 3 is 2.59 bits per heavy atom. The molecule has 0 aliphatic carbocycles. The van der Waals surface area contributed by atoms with Gasteiger partial charge in [0.25, 0.3) is 0 Å². The quantitative estimate of drug-likeness (QED) is 0.637. The molecule has 6 heteroatoms. The molecule has 1 amide bonds. The van der Waals surface area contributed by atoms with Gasteiger partial charge in [-0.3, -0.25) is 9.69 Å². The van der Waals surface area contributed by atoms with Crippen molar-refractivity contribution in [1.29, 1.82) is 0 Å². The van der Waals surface area contributed by atoms with E-state index in [1.165, 1.54) is 24.0 Å². The molecule has 1 heterocycles. The fraction of sp³-hybridized carbons (Fsp3) is 0.667. The van der Waals surface area contributed by atoms with E-state index in [9.17, 15) is 4.79 Å². The summed E-state index contributed by atoms with van der Waals surface area (Å²) in [5, 5.41) is 6.55. The first-order chi connectivity index (χ1) is 12.1. The van der Waals surface area contributed by atoms with Gasteiger partial charge in [-0.05, 0) is 62.0 Å². The van der Waals surface area contributed by atoms with Crippen molar-refractivity contribution in [3.8, 4) is 0 Å². The minimum atomic E-state index is 0. The number of nitrogens with one attached hydrogen (secondary N) is 2. The molecule has 0 spiro atoms. The van der Waals surface area contributed by atoms with Crippen molar-refractivity contribution in [2.75, 3.05) is 26.2 Å². The monoisotopic (exact) mass is 417 g/mol. The zero-order valence-corrected chi connectivity index (χ0v) is 18.6. The van der Waals surface area contributed by atoms with Crippen LogP contribution in [0.3, 0.4) is 0 Å². The Balaban J connectivity index is 0.00000338. The Morgan fingerprint density at radius 2 is 1.96 bits per heavy atom. The van der Waals surface area contributed by atoms with E-state index in [2.05, 4.69) is 60.6 Å². The molecule has 0 saturated carbocycles. The third-order valence-electron chi connectivity index (χ3n) is 5.43. The summed E-state index contributed by atoms with van der Waals surface area (Å²) in [7, 11) is 0. The number of rotatable bonds is 9. The fourth-order valence-electron chi connectivity index (χ4n) is 3.64. The van der Waals surface area contributed by atoms with Gasteiger partial charge in [-0.2, -0.15) is 0 Å². The van der Waals surface area contributed by atoms with Crippen molar-refractivity contribution in [2.24, 2.45) is 11.8 Å². The number of amides is 1. The van der Waals surface area contributed by atoms with Crippen LogP contribution in [0.4, 0.5) is 0 Å². The van der Waals surface area contributed by atoms with E-state index in [0.717, 1.165) is 32.7 Å². The van der Waals surface area contributed by atoms with E-state index in [4.69, 9.17) is 0 Å². The van der Waals surface area contributed by atoms with E-state index in [-0.39, 0.29) is 30.7 Å². The van der Waals surface area contributed by atoms with Crippen LogP contribution in [0, 0.1) is 11.8 Å². The first kappa shape index (κ1) is 26.2. The molecule has 27 heavy (non-hydrogen) atoms. The molecule has 1 fully saturated rings. The Hall–Kier alpha value is -0.810. The van der Waals surface area contributed by atoms with Gasteiger partial charge in [0.15, 0.2) is 0 Å². The first-order valence-corrected chi connectivity index (χ1v) is 9.90. The van der Waals surface area contributed by atoms with E-state index in [0.29, 0.717) is 24.8 Å². The number of hydrogen-bond donors (Lipinski definition) is 2. The van der Waals surface area contributed by atoms with Gasteiger partial charge in [-0.15, -0.1) is 24.8 Å². The summed E-state index contributed by atoms with van der Waals surface area (Å²) in [5.74, 6) is 1.26. The summed E-state index contributed by atoms with van der Waals surface area (Å²) in [6.45, 7) is 12.5. The summed E-state index contributed by atoms with van der Waals surface area (Å²) < 4.78 is 0. The van der Waals surface area contributed by atoms with Crippen LogP contribution in [0.2, 0.25) is 0 Å². The summed E-state index contributed by atoms with van der Waals surface area (Å²) in [5.41, 5.74) is 2.50. The number of benzene rings is 1. The first-order valence-electron chi connectivity index (χ1n) is 9.90. The second-order valence-corrected chi connectivity index (χ2v) is 7.35. The van der Waals surface area contributed by atoms with Gasteiger partial charge in [0.1, 0.15) is 0 Å². The second-order valence-electron chi connectivity index (χ2n) is 7.35. The maximum absolute atomic E-state index is 12.3. The average molecular weight is 418 g/mol. The Morgan fingerprint density at radius 1 is 1.26 bits per heavy atom. The highest BCUT2D eigenvalue weighted by Crippen LogP contribution is 2.22. The molecule has 4 nitrogen and oxygen atoms in total. The Kier molecular flexibility index (Phi) is 13.8. The van der Waals surface area contributed by atoms with Gasteiger partial charge in [-0.1, -0.05) is 45.0 Å². The molecule has 2 atom stereocenters. The van der Waals surface area contributed by atoms with E-state index in [1.54, 1.807) is 0 Å². The van der Waals surface area contributed by atoms with Crippen molar-refractivity contribution in [3.05, 3.63) is 35.4 Å². The number of carbonyl (C=O) groups excluding carboxylic acids is 1. The third-order valence-corrected chi connectivity index (χ3v) is 5.43. The molecule has 2 N–H and O–H groups in total. The lowest BCUT2D eigenvalue weighted by Gasteiger charge is -2.28. The predicted octanol–water partition coefficient (Wildman–Crippen LogP) is 4.01. The smallest absolute Gasteiger partial charge is 0.220 e. The highest BCUT2D eigenvalue weighted by atomic mass is 35.5. The van der Waals surface area contributed by atoms with Crippen LogP contribution >= 0.6 is 24.8 Å². The standard InChI is InChI=1S/C21H35N3O.2ClH/c1-4-24(5-2)16-19-9-6-8-18(13-19)14-23-21(25)12-17(3)20-10-7-11-22-15-20;;/h6,8-9,13,17,20,22H,4-5,7,10-12,14-16H2,1-3H3,(H,23,25);2*1H.